The average molecular weight is 507 g/mol. The van der Waals surface area contributed by atoms with E-state index in [1.807, 2.05) is 6.07 Å². The van der Waals surface area contributed by atoms with E-state index in [0.717, 1.165) is 38.4 Å². The molecule has 0 aliphatic carbocycles. The highest BCUT2D eigenvalue weighted by Crippen LogP contribution is 2.44. The van der Waals surface area contributed by atoms with Crippen LogP contribution in [0.1, 0.15) is 43.4 Å². The van der Waals surface area contributed by atoms with Gasteiger partial charge in [0.25, 0.3) is 0 Å². The number of hydrogen-bond acceptors (Lipinski definition) is 4. The fourth-order valence-corrected chi connectivity index (χ4v) is 5.87. The van der Waals surface area contributed by atoms with Gasteiger partial charge in [0.2, 0.25) is 0 Å². The van der Waals surface area contributed by atoms with Crippen LogP contribution in [-0.4, -0.2) is 41.2 Å². The van der Waals surface area contributed by atoms with E-state index >= 15 is 0 Å². The molecule has 2 bridgehead atoms. The molecule has 3 aromatic rings. The van der Waals surface area contributed by atoms with Crippen molar-refractivity contribution < 1.29 is 23.0 Å². The number of piperidine rings is 3. The van der Waals surface area contributed by atoms with E-state index in [9.17, 15) is 18.3 Å². The first kappa shape index (κ1) is 25.7. The molecule has 1 aromatic heterocycles. The number of aliphatic hydroxyl groups is 1. The monoisotopic (exact) mass is 506 g/mol. The number of methoxy groups -OCH3 is 1. The molecule has 3 fully saturated rings. The Kier molecular flexibility index (Phi) is 7.32. The Morgan fingerprint density at radius 3 is 2.60 bits per heavy atom. The molecule has 0 spiro atoms. The van der Waals surface area contributed by atoms with Crippen LogP contribution in [0.15, 0.2) is 48.5 Å². The Morgan fingerprint density at radius 2 is 1.94 bits per heavy atom. The molecule has 0 amide bonds. The zero-order chi connectivity index (χ0) is 24.0. The topological polar surface area (TPSA) is 45.6 Å². The molecule has 188 valence electrons. The Labute approximate surface area is 209 Å². The van der Waals surface area contributed by atoms with Crippen LogP contribution in [0.25, 0.3) is 22.2 Å². The largest absolute Gasteiger partial charge is 0.497 e. The molecule has 3 saturated heterocycles. The quantitative estimate of drug-likeness (QED) is 0.429. The predicted octanol–water partition coefficient (Wildman–Crippen LogP) is 6.50. The summed E-state index contributed by atoms with van der Waals surface area (Å²) in [6.45, 7) is 4.11. The molecule has 35 heavy (non-hydrogen) atoms. The summed E-state index contributed by atoms with van der Waals surface area (Å²) in [6, 6.07) is 12.3. The van der Waals surface area contributed by atoms with Crippen LogP contribution < -0.4 is 4.74 Å². The molecule has 2 aromatic carbocycles. The Hall–Kier alpha value is -2.35. The van der Waals surface area contributed by atoms with Gasteiger partial charge in [0.1, 0.15) is 5.75 Å². The van der Waals surface area contributed by atoms with E-state index in [1.165, 1.54) is 12.1 Å². The number of benzene rings is 2. The third-order valence-corrected chi connectivity index (χ3v) is 7.70. The lowest BCUT2D eigenvalue weighted by molar-refractivity contribution is -0.137. The van der Waals surface area contributed by atoms with Gasteiger partial charge in [-0.15, -0.1) is 12.4 Å². The molecule has 5 atom stereocenters. The van der Waals surface area contributed by atoms with Gasteiger partial charge in [-0.2, -0.15) is 13.2 Å². The Balaban J connectivity index is 0.00000289. The van der Waals surface area contributed by atoms with Gasteiger partial charge in [-0.05, 0) is 67.1 Å². The number of aromatic nitrogens is 1. The zero-order valence-electron chi connectivity index (χ0n) is 19.8. The van der Waals surface area contributed by atoms with Gasteiger partial charge in [-0.25, -0.2) is 4.98 Å². The first-order valence-corrected chi connectivity index (χ1v) is 11.9. The standard InChI is InChI=1S/C27H29F3N2O2.ClH/c1-3-16-15-32-11-10-17(16)12-25(32)26(33)21-14-24(19-6-4-5-7-22(19)27(28,29)30)31-23-9-8-18(34-2)13-20(21)23;/h4-9,13-14,16-17,25-26,33H,3,10-12,15H2,1-2H3;1H/t16-,17-,25?,26+;/m0./s1. The SMILES string of the molecule is CC[C@H]1CN2CC[C@H]1CC2[C@H](O)c1cc(-c2ccccc2C(F)(F)F)nc2ccc(OC)cc12.Cl. The lowest BCUT2D eigenvalue weighted by Gasteiger charge is -2.51. The van der Waals surface area contributed by atoms with Crippen molar-refractivity contribution in [3.8, 4) is 17.0 Å². The second-order valence-electron chi connectivity index (χ2n) is 9.48. The van der Waals surface area contributed by atoms with Crippen molar-refractivity contribution in [2.24, 2.45) is 11.8 Å². The first-order chi connectivity index (χ1) is 16.3. The van der Waals surface area contributed by atoms with Crippen LogP contribution in [-0.2, 0) is 6.18 Å². The van der Waals surface area contributed by atoms with Crippen molar-refractivity contribution in [3.05, 3.63) is 59.7 Å². The highest BCUT2D eigenvalue weighted by atomic mass is 35.5. The number of pyridine rings is 1. The number of fused-ring (bicyclic) bond motifs is 4. The summed E-state index contributed by atoms with van der Waals surface area (Å²) < 4.78 is 46.7. The molecule has 3 aliphatic rings. The minimum Gasteiger partial charge on any atom is -0.497 e. The summed E-state index contributed by atoms with van der Waals surface area (Å²) >= 11 is 0. The van der Waals surface area contributed by atoms with Crippen molar-refractivity contribution >= 4 is 23.3 Å². The molecule has 3 aliphatic heterocycles. The van der Waals surface area contributed by atoms with Crippen LogP contribution in [0.4, 0.5) is 13.2 Å². The third-order valence-electron chi connectivity index (χ3n) is 7.70. The van der Waals surface area contributed by atoms with Crippen molar-refractivity contribution in [2.45, 2.75) is 44.5 Å². The van der Waals surface area contributed by atoms with Crippen LogP contribution >= 0.6 is 12.4 Å². The Morgan fingerprint density at radius 1 is 1.17 bits per heavy atom. The van der Waals surface area contributed by atoms with Gasteiger partial charge < -0.3 is 9.84 Å². The Bertz CT molecular complexity index is 1200. The van der Waals surface area contributed by atoms with Gasteiger partial charge in [0.05, 0.1) is 30.0 Å². The molecular formula is C27H30ClF3N2O2. The maximum Gasteiger partial charge on any atom is 0.417 e. The molecule has 4 nitrogen and oxygen atoms in total. The van der Waals surface area contributed by atoms with Crippen molar-refractivity contribution in [1.29, 1.82) is 0 Å². The predicted molar refractivity (Wildman–Crippen MR) is 133 cm³/mol. The van der Waals surface area contributed by atoms with E-state index in [4.69, 9.17) is 4.74 Å². The molecule has 4 heterocycles. The van der Waals surface area contributed by atoms with E-state index < -0.39 is 17.8 Å². The zero-order valence-corrected chi connectivity index (χ0v) is 20.6. The summed E-state index contributed by atoms with van der Waals surface area (Å²) in [7, 11) is 1.56. The highest BCUT2D eigenvalue weighted by molar-refractivity contribution is 5.87. The van der Waals surface area contributed by atoms with E-state index in [0.29, 0.717) is 34.1 Å². The summed E-state index contributed by atoms with van der Waals surface area (Å²) in [5.41, 5.74) is 0.620. The molecular weight excluding hydrogens is 477 g/mol. The molecule has 0 radical (unpaired) electrons. The van der Waals surface area contributed by atoms with Crippen molar-refractivity contribution in [1.82, 2.24) is 9.88 Å². The van der Waals surface area contributed by atoms with E-state index in [2.05, 4.69) is 16.8 Å². The van der Waals surface area contributed by atoms with Crippen molar-refractivity contribution in [2.75, 3.05) is 20.2 Å². The summed E-state index contributed by atoms with van der Waals surface area (Å²) in [4.78, 5) is 6.93. The first-order valence-electron chi connectivity index (χ1n) is 11.9. The lowest BCUT2D eigenvalue weighted by atomic mass is 9.72. The van der Waals surface area contributed by atoms with E-state index in [1.54, 1.807) is 31.4 Å². The third kappa shape index (κ3) is 4.74. The molecule has 2 unspecified atom stereocenters. The van der Waals surface area contributed by atoms with Crippen LogP contribution in [0, 0.1) is 11.8 Å². The summed E-state index contributed by atoms with van der Waals surface area (Å²) in [5, 5.41) is 12.4. The summed E-state index contributed by atoms with van der Waals surface area (Å²) in [6.07, 6.45) is -2.19. The van der Waals surface area contributed by atoms with Crippen LogP contribution in [0.2, 0.25) is 0 Å². The highest BCUT2D eigenvalue weighted by Gasteiger charge is 2.43. The minimum absolute atomic E-state index is 0. The van der Waals surface area contributed by atoms with Crippen molar-refractivity contribution in [3.63, 3.8) is 0 Å². The number of halogens is 4. The van der Waals surface area contributed by atoms with Gasteiger partial charge >= 0.3 is 6.18 Å². The molecule has 8 heteroatoms. The van der Waals surface area contributed by atoms with Gasteiger partial charge in [0, 0.05) is 23.5 Å². The second-order valence-corrected chi connectivity index (χ2v) is 9.48. The van der Waals surface area contributed by atoms with Crippen LogP contribution in [0.5, 0.6) is 5.75 Å². The summed E-state index contributed by atoms with van der Waals surface area (Å²) in [5.74, 6) is 1.83. The number of alkyl halides is 3. The van der Waals surface area contributed by atoms with Gasteiger partial charge in [-0.3, -0.25) is 4.90 Å². The molecule has 6 rings (SSSR count). The number of rotatable bonds is 5. The molecule has 0 saturated carbocycles. The minimum atomic E-state index is -4.50. The average Bonchev–Trinajstić information content (AvgIpc) is 2.86. The second kappa shape index (κ2) is 9.96. The fourth-order valence-electron chi connectivity index (χ4n) is 5.87. The number of ether oxygens (including phenoxy) is 1. The lowest BCUT2D eigenvalue weighted by Crippen LogP contribution is -2.55. The smallest absolute Gasteiger partial charge is 0.417 e. The van der Waals surface area contributed by atoms with Gasteiger partial charge in [0.15, 0.2) is 0 Å². The normalized spacial score (nSPS) is 24.7. The van der Waals surface area contributed by atoms with E-state index in [-0.39, 0.29) is 29.7 Å². The molecule has 1 N–H and O–H groups in total. The van der Waals surface area contributed by atoms with Gasteiger partial charge in [-0.1, -0.05) is 31.5 Å². The van der Waals surface area contributed by atoms with Crippen LogP contribution in [0.3, 0.4) is 0 Å². The number of aliphatic hydroxyl groups excluding tert-OH is 1. The maximum atomic E-state index is 13.8. The fraction of sp³-hybridized carbons (Fsp3) is 0.444. The maximum absolute atomic E-state index is 13.8. The number of hydrogen-bond donors (Lipinski definition) is 1. The number of nitrogens with zero attached hydrogens (tertiary/aromatic N) is 2.